The van der Waals surface area contributed by atoms with E-state index in [1.165, 1.54) is 12.1 Å². The summed E-state index contributed by atoms with van der Waals surface area (Å²) in [5.41, 5.74) is 4.84. The maximum absolute atomic E-state index is 12.7. The molecule has 1 rings (SSSR count). The number of rotatable bonds is 3. The van der Waals surface area contributed by atoms with Gasteiger partial charge in [0.1, 0.15) is 0 Å². The molecule has 106 valence electrons. The molecule has 19 heavy (non-hydrogen) atoms. The summed E-state index contributed by atoms with van der Waals surface area (Å²) in [5, 5.41) is 2.38. The van der Waals surface area contributed by atoms with E-state index in [4.69, 9.17) is 5.73 Å². The average Bonchev–Trinajstić information content (AvgIpc) is 2.28. The second kappa shape index (κ2) is 5.92. The fourth-order valence-electron chi connectivity index (χ4n) is 1.35. The summed E-state index contributed by atoms with van der Waals surface area (Å²) in [4.78, 5) is 11.7. The standard InChI is InChI=1S/C12H14BrF3N2O/c1-6(2)10(17)11(19)18-7-3-4-9(13)8(5-7)12(14,15)16/h3-6,10H,17H2,1-2H3,(H,18,19)/t10-/m0/s1. The molecule has 0 aliphatic rings. The Kier molecular flexibility index (Phi) is 4.98. The van der Waals surface area contributed by atoms with Crippen LogP contribution in [0.5, 0.6) is 0 Å². The minimum atomic E-state index is -4.49. The Morgan fingerprint density at radius 1 is 1.37 bits per heavy atom. The summed E-state index contributed by atoms with van der Waals surface area (Å²) in [7, 11) is 0. The highest BCUT2D eigenvalue weighted by atomic mass is 79.9. The van der Waals surface area contributed by atoms with E-state index in [2.05, 4.69) is 21.2 Å². The third-order valence-electron chi connectivity index (χ3n) is 2.56. The predicted octanol–water partition coefficient (Wildman–Crippen LogP) is 3.39. The molecule has 0 aliphatic heterocycles. The Morgan fingerprint density at radius 2 is 1.95 bits per heavy atom. The van der Waals surface area contributed by atoms with Gasteiger partial charge in [-0.15, -0.1) is 0 Å². The van der Waals surface area contributed by atoms with Crippen molar-refractivity contribution in [3.8, 4) is 0 Å². The lowest BCUT2D eigenvalue weighted by Gasteiger charge is -2.16. The first-order valence-electron chi connectivity index (χ1n) is 5.56. The van der Waals surface area contributed by atoms with Gasteiger partial charge in [-0.05, 0) is 24.1 Å². The summed E-state index contributed by atoms with van der Waals surface area (Å²) in [5.74, 6) is -0.608. The molecule has 0 aliphatic carbocycles. The molecule has 1 amide bonds. The van der Waals surface area contributed by atoms with E-state index in [0.29, 0.717) is 0 Å². The first-order valence-corrected chi connectivity index (χ1v) is 6.35. The molecule has 1 atom stereocenters. The highest BCUT2D eigenvalue weighted by Gasteiger charge is 2.33. The van der Waals surface area contributed by atoms with Crippen molar-refractivity contribution < 1.29 is 18.0 Å². The molecule has 0 spiro atoms. The van der Waals surface area contributed by atoms with Gasteiger partial charge in [0.2, 0.25) is 5.91 Å². The Labute approximate surface area is 117 Å². The van der Waals surface area contributed by atoms with Gasteiger partial charge in [0.15, 0.2) is 0 Å². The SMILES string of the molecule is CC(C)[C@H](N)C(=O)Nc1ccc(Br)c(C(F)(F)F)c1. The zero-order valence-electron chi connectivity index (χ0n) is 10.4. The fraction of sp³-hybridized carbons (Fsp3) is 0.417. The number of alkyl halides is 3. The molecule has 0 radical (unpaired) electrons. The van der Waals surface area contributed by atoms with Crippen LogP contribution in [-0.4, -0.2) is 11.9 Å². The minimum Gasteiger partial charge on any atom is -0.325 e. The number of nitrogens with two attached hydrogens (primary N) is 1. The zero-order chi connectivity index (χ0) is 14.8. The minimum absolute atomic E-state index is 0.0663. The summed E-state index contributed by atoms with van der Waals surface area (Å²) < 4.78 is 38.0. The van der Waals surface area contributed by atoms with Crippen molar-refractivity contribution in [1.82, 2.24) is 0 Å². The molecule has 0 heterocycles. The van der Waals surface area contributed by atoms with Crippen LogP contribution >= 0.6 is 15.9 Å². The summed E-state index contributed by atoms with van der Waals surface area (Å²) in [6.07, 6.45) is -4.49. The first-order chi connectivity index (χ1) is 8.62. The Hall–Kier alpha value is -1.08. The Balaban J connectivity index is 2.95. The van der Waals surface area contributed by atoms with E-state index in [-0.39, 0.29) is 16.1 Å². The van der Waals surface area contributed by atoms with Gasteiger partial charge >= 0.3 is 6.18 Å². The number of nitrogens with one attached hydrogen (secondary N) is 1. The van der Waals surface area contributed by atoms with Crippen LogP contribution in [-0.2, 0) is 11.0 Å². The van der Waals surface area contributed by atoms with Gasteiger partial charge in [-0.25, -0.2) is 0 Å². The van der Waals surface area contributed by atoms with Crippen LogP contribution in [0.2, 0.25) is 0 Å². The van der Waals surface area contributed by atoms with E-state index in [0.717, 1.165) is 6.07 Å². The van der Waals surface area contributed by atoms with Crippen molar-refractivity contribution in [2.75, 3.05) is 5.32 Å². The molecule has 0 saturated heterocycles. The first kappa shape index (κ1) is 16.0. The largest absolute Gasteiger partial charge is 0.417 e. The Bertz CT molecular complexity index is 475. The van der Waals surface area contributed by atoms with E-state index in [1.54, 1.807) is 13.8 Å². The average molecular weight is 339 g/mol. The summed E-state index contributed by atoms with van der Waals surface area (Å²) in [6.45, 7) is 3.51. The molecular formula is C12H14BrF3N2O. The second-order valence-corrected chi connectivity index (χ2v) is 5.31. The lowest BCUT2D eigenvalue weighted by atomic mass is 10.0. The van der Waals surface area contributed by atoms with Crippen molar-refractivity contribution in [2.45, 2.75) is 26.1 Å². The third-order valence-corrected chi connectivity index (χ3v) is 3.25. The summed E-state index contributed by atoms with van der Waals surface area (Å²) >= 11 is 2.83. The molecule has 0 bridgehead atoms. The highest BCUT2D eigenvalue weighted by Crippen LogP contribution is 2.36. The van der Waals surface area contributed by atoms with E-state index in [1.807, 2.05) is 0 Å². The molecular weight excluding hydrogens is 325 g/mol. The number of hydrogen-bond donors (Lipinski definition) is 2. The Morgan fingerprint density at radius 3 is 2.42 bits per heavy atom. The van der Waals surface area contributed by atoms with Gasteiger partial charge in [-0.3, -0.25) is 4.79 Å². The van der Waals surface area contributed by atoms with Gasteiger partial charge in [0.05, 0.1) is 11.6 Å². The number of benzene rings is 1. The zero-order valence-corrected chi connectivity index (χ0v) is 12.0. The van der Waals surface area contributed by atoms with Crippen LogP contribution in [0.3, 0.4) is 0 Å². The number of anilines is 1. The third kappa shape index (κ3) is 4.21. The number of carbonyl (C=O) groups is 1. The number of halogens is 4. The predicted molar refractivity (Wildman–Crippen MR) is 70.6 cm³/mol. The van der Waals surface area contributed by atoms with Gasteiger partial charge in [-0.1, -0.05) is 29.8 Å². The molecule has 7 heteroatoms. The smallest absolute Gasteiger partial charge is 0.325 e. The highest BCUT2D eigenvalue weighted by molar-refractivity contribution is 9.10. The fourth-order valence-corrected chi connectivity index (χ4v) is 1.82. The maximum atomic E-state index is 12.7. The lowest BCUT2D eigenvalue weighted by Crippen LogP contribution is -2.39. The number of hydrogen-bond acceptors (Lipinski definition) is 2. The van der Waals surface area contributed by atoms with E-state index in [9.17, 15) is 18.0 Å². The van der Waals surface area contributed by atoms with E-state index >= 15 is 0 Å². The van der Waals surface area contributed by atoms with Crippen molar-refractivity contribution in [3.63, 3.8) is 0 Å². The van der Waals surface area contributed by atoms with Crippen LogP contribution in [0.4, 0.5) is 18.9 Å². The topological polar surface area (TPSA) is 55.1 Å². The normalized spacial score (nSPS) is 13.5. The van der Waals surface area contributed by atoms with Crippen LogP contribution in [0.15, 0.2) is 22.7 Å². The van der Waals surface area contributed by atoms with Gasteiger partial charge in [0, 0.05) is 10.2 Å². The van der Waals surface area contributed by atoms with Crippen LogP contribution in [0.1, 0.15) is 19.4 Å². The number of amides is 1. The van der Waals surface area contributed by atoms with Crippen molar-refractivity contribution in [3.05, 3.63) is 28.2 Å². The quantitative estimate of drug-likeness (QED) is 0.887. The van der Waals surface area contributed by atoms with E-state index < -0.39 is 23.7 Å². The molecule has 0 saturated carbocycles. The molecule has 1 aromatic carbocycles. The maximum Gasteiger partial charge on any atom is 0.417 e. The second-order valence-electron chi connectivity index (χ2n) is 4.45. The van der Waals surface area contributed by atoms with Crippen LogP contribution in [0.25, 0.3) is 0 Å². The molecule has 3 nitrogen and oxygen atoms in total. The molecule has 0 aromatic heterocycles. The van der Waals surface area contributed by atoms with Crippen molar-refractivity contribution >= 4 is 27.5 Å². The van der Waals surface area contributed by atoms with Crippen LogP contribution < -0.4 is 11.1 Å². The lowest BCUT2D eigenvalue weighted by molar-refractivity contribution is -0.138. The molecule has 3 N–H and O–H groups in total. The van der Waals surface area contributed by atoms with Gasteiger partial charge in [-0.2, -0.15) is 13.2 Å². The van der Waals surface area contributed by atoms with Crippen molar-refractivity contribution in [1.29, 1.82) is 0 Å². The molecule has 0 fully saturated rings. The van der Waals surface area contributed by atoms with Gasteiger partial charge < -0.3 is 11.1 Å². The molecule has 1 aromatic rings. The van der Waals surface area contributed by atoms with Crippen LogP contribution in [0, 0.1) is 5.92 Å². The monoisotopic (exact) mass is 338 g/mol. The number of carbonyl (C=O) groups excluding carboxylic acids is 1. The summed E-state index contributed by atoms with van der Waals surface area (Å²) in [6, 6.07) is 2.72. The van der Waals surface area contributed by atoms with Crippen molar-refractivity contribution in [2.24, 2.45) is 11.7 Å². The van der Waals surface area contributed by atoms with Gasteiger partial charge in [0.25, 0.3) is 0 Å². The molecule has 0 unspecified atom stereocenters.